The number of amides is 2. The van der Waals surface area contributed by atoms with Gasteiger partial charge in [-0.1, -0.05) is 30.8 Å². The summed E-state index contributed by atoms with van der Waals surface area (Å²) < 4.78 is 60.5. The molecule has 3 aromatic carbocycles. The highest BCUT2D eigenvalue weighted by atomic mass is 19.3. The quantitative estimate of drug-likeness (QED) is 0.175. The molecule has 1 aliphatic carbocycles. The standard InChI is InChI=1S/C48H54F4N6O2/c1-27-7-12-42(47(59)53-27)58-25-34-18-32-23-56(24-33(32)19-37(34)48(58)60)35-13-15-55(16-14-35)22-29-8-10-30(11-9-29)31-20-39(49)44(40(50)21-31)46-45-38(17-28(2)57(46)26-43(51)52)36-5-3-4-6-41(36)54-45/h3-6,18-21,28-30,35,42-43,46,54H,1,7-17,22-26H2,2H3,(H,53,59)/t28-,29?,30?,42?,46-/m1/s1. The van der Waals surface area contributed by atoms with Crippen LogP contribution in [0, 0.1) is 17.6 Å². The molecule has 6 aliphatic rings. The lowest BCUT2D eigenvalue weighted by atomic mass is 9.77. The number of nitrogens with zero attached hydrogens (tertiary/aromatic N) is 4. The minimum atomic E-state index is -2.64. The molecule has 6 heterocycles. The first-order valence-corrected chi connectivity index (χ1v) is 22.0. The van der Waals surface area contributed by atoms with Crippen molar-refractivity contribution in [3.63, 3.8) is 0 Å². The van der Waals surface area contributed by atoms with E-state index in [0.717, 1.165) is 98.8 Å². The summed E-state index contributed by atoms with van der Waals surface area (Å²) >= 11 is 0. The van der Waals surface area contributed by atoms with E-state index >= 15 is 8.78 Å². The van der Waals surface area contributed by atoms with Gasteiger partial charge in [0.1, 0.15) is 17.7 Å². The van der Waals surface area contributed by atoms with Crippen molar-refractivity contribution in [2.75, 3.05) is 26.2 Å². The predicted molar refractivity (Wildman–Crippen MR) is 222 cm³/mol. The molecule has 4 aromatic rings. The molecule has 10 rings (SSSR count). The second-order valence-corrected chi connectivity index (χ2v) is 18.5. The third-order valence-corrected chi connectivity index (χ3v) is 14.9. The zero-order chi connectivity index (χ0) is 41.4. The van der Waals surface area contributed by atoms with Crippen LogP contribution in [0.4, 0.5) is 17.6 Å². The van der Waals surface area contributed by atoms with Gasteiger partial charge >= 0.3 is 0 Å². The van der Waals surface area contributed by atoms with E-state index in [9.17, 15) is 18.4 Å². The number of carbonyl (C=O) groups excluding carboxylic acids is 2. The number of carbonyl (C=O) groups is 2. The number of benzene rings is 3. The molecule has 60 heavy (non-hydrogen) atoms. The summed E-state index contributed by atoms with van der Waals surface area (Å²) in [5, 5.41) is 3.79. The second-order valence-electron chi connectivity index (χ2n) is 18.5. The molecule has 5 aliphatic heterocycles. The van der Waals surface area contributed by atoms with Gasteiger partial charge in [-0.15, -0.1) is 0 Å². The van der Waals surface area contributed by atoms with E-state index in [1.54, 1.807) is 9.80 Å². The Hall–Kier alpha value is -4.52. The number of H-pyrrole nitrogens is 1. The van der Waals surface area contributed by atoms with Crippen LogP contribution in [0.5, 0.6) is 0 Å². The van der Waals surface area contributed by atoms with Gasteiger partial charge in [0.15, 0.2) is 0 Å². The largest absolute Gasteiger partial charge is 0.357 e. The molecule has 1 unspecified atom stereocenters. The summed E-state index contributed by atoms with van der Waals surface area (Å²) in [7, 11) is 0. The minimum absolute atomic E-state index is 0.0473. The van der Waals surface area contributed by atoms with E-state index in [-0.39, 0.29) is 29.3 Å². The van der Waals surface area contributed by atoms with Gasteiger partial charge in [0.25, 0.3) is 12.3 Å². The van der Waals surface area contributed by atoms with Crippen LogP contribution in [0.25, 0.3) is 10.9 Å². The molecule has 2 saturated heterocycles. The zero-order valence-corrected chi connectivity index (χ0v) is 34.3. The minimum Gasteiger partial charge on any atom is -0.357 e. The first-order valence-electron chi connectivity index (χ1n) is 22.0. The number of hydrogen-bond donors (Lipinski definition) is 2. The molecule has 316 valence electrons. The average Bonchev–Trinajstić information content (AvgIpc) is 3.91. The molecule has 2 N–H and O–H groups in total. The topological polar surface area (TPSA) is 74.9 Å². The van der Waals surface area contributed by atoms with Gasteiger partial charge in [-0.3, -0.25) is 19.4 Å². The second kappa shape index (κ2) is 15.7. The van der Waals surface area contributed by atoms with E-state index in [2.05, 4.69) is 38.8 Å². The summed E-state index contributed by atoms with van der Waals surface area (Å²) in [5.41, 5.74) is 7.87. The number of likely N-dealkylation sites (tertiary alicyclic amines) is 1. The number of alkyl halides is 2. The SMILES string of the molecule is C=C1CCC(N2Cc3cc4c(cc3C2=O)CN(C2CCN(CC3CCC(c5cc(F)c([C@@H]6c7[nH]c8ccccc8c7C[C@@H](C)N6CC(F)F)c(F)c5)CC3)CC2)C4)C(=O)N1. The van der Waals surface area contributed by atoms with Crippen molar-refractivity contribution in [2.45, 2.75) is 121 Å². The smallest absolute Gasteiger partial charge is 0.255 e. The maximum Gasteiger partial charge on any atom is 0.255 e. The Balaban J connectivity index is 0.737. The number of rotatable bonds is 8. The number of nitrogens with one attached hydrogen (secondary N) is 2. The molecule has 0 bridgehead atoms. The maximum atomic E-state index is 16.3. The van der Waals surface area contributed by atoms with E-state index in [4.69, 9.17) is 0 Å². The summed E-state index contributed by atoms with van der Waals surface area (Å²) in [6.45, 7) is 10.5. The number of aromatic nitrogens is 1. The lowest BCUT2D eigenvalue weighted by molar-refractivity contribution is -0.126. The average molecular weight is 823 g/mol. The normalized spacial score (nSPS) is 26.9. The number of allylic oxidation sites excluding steroid dienone is 1. The lowest BCUT2D eigenvalue weighted by Gasteiger charge is -2.41. The molecule has 0 spiro atoms. The molecule has 0 radical (unpaired) electrons. The third-order valence-electron chi connectivity index (χ3n) is 14.9. The van der Waals surface area contributed by atoms with Gasteiger partial charge in [0.2, 0.25) is 5.91 Å². The molecule has 8 nitrogen and oxygen atoms in total. The van der Waals surface area contributed by atoms with Gasteiger partial charge in [-0.25, -0.2) is 17.6 Å². The fourth-order valence-electron chi connectivity index (χ4n) is 11.7. The van der Waals surface area contributed by atoms with Crippen molar-refractivity contribution in [3.05, 3.63) is 117 Å². The molecular formula is C48H54F4N6O2. The van der Waals surface area contributed by atoms with Crippen LogP contribution in [0.15, 0.2) is 60.8 Å². The zero-order valence-electron chi connectivity index (χ0n) is 34.3. The van der Waals surface area contributed by atoms with Crippen LogP contribution in [0.1, 0.15) is 120 Å². The Morgan fingerprint density at radius 2 is 1.58 bits per heavy atom. The van der Waals surface area contributed by atoms with Gasteiger partial charge in [-0.2, -0.15) is 0 Å². The lowest BCUT2D eigenvalue weighted by Crippen LogP contribution is -2.49. The molecule has 3 atom stereocenters. The number of piperidine rings is 2. The fraction of sp³-hybridized carbons (Fsp3) is 0.500. The van der Waals surface area contributed by atoms with Crippen LogP contribution < -0.4 is 5.32 Å². The Labute approximate surface area is 349 Å². The number of aromatic amines is 1. The molecule has 12 heteroatoms. The van der Waals surface area contributed by atoms with Crippen LogP contribution >= 0.6 is 0 Å². The van der Waals surface area contributed by atoms with E-state index in [1.165, 1.54) is 23.3 Å². The summed E-state index contributed by atoms with van der Waals surface area (Å²) in [6, 6.07) is 13.7. The van der Waals surface area contributed by atoms with Crippen molar-refractivity contribution in [2.24, 2.45) is 5.92 Å². The van der Waals surface area contributed by atoms with Crippen molar-refractivity contribution in [3.8, 4) is 0 Å². The maximum absolute atomic E-state index is 16.3. The van der Waals surface area contributed by atoms with Gasteiger partial charge < -0.3 is 20.1 Å². The summed E-state index contributed by atoms with van der Waals surface area (Å²) in [6.07, 6.45) is 5.10. The van der Waals surface area contributed by atoms with Crippen molar-refractivity contribution >= 4 is 22.7 Å². The third kappa shape index (κ3) is 7.15. The molecule has 3 fully saturated rings. The Kier molecular flexibility index (Phi) is 10.4. The van der Waals surface area contributed by atoms with E-state index in [0.29, 0.717) is 54.7 Å². The Morgan fingerprint density at radius 3 is 2.30 bits per heavy atom. The number of hydrogen-bond acceptors (Lipinski definition) is 5. The van der Waals surface area contributed by atoms with Gasteiger partial charge in [0.05, 0.1) is 12.6 Å². The molecule has 2 amide bonds. The predicted octanol–water partition coefficient (Wildman–Crippen LogP) is 8.55. The van der Waals surface area contributed by atoms with E-state index < -0.39 is 36.7 Å². The first-order chi connectivity index (χ1) is 29.0. The van der Waals surface area contributed by atoms with Crippen LogP contribution in [0.2, 0.25) is 0 Å². The molecular weight excluding hydrogens is 769 g/mol. The van der Waals surface area contributed by atoms with Crippen molar-refractivity contribution in [1.82, 2.24) is 29.9 Å². The van der Waals surface area contributed by atoms with Crippen LogP contribution in [-0.2, 0) is 30.8 Å². The van der Waals surface area contributed by atoms with Crippen molar-refractivity contribution in [1.29, 1.82) is 0 Å². The highest BCUT2D eigenvalue weighted by Gasteiger charge is 2.42. The highest BCUT2D eigenvalue weighted by molar-refractivity contribution is 6.01. The first kappa shape index (κ1) is 39.6. The Bertz CT molecular complexity index is 2320. The Morgan fingerprint density at radius 1 is 0.867 bits per heavy atom. The van der Waals surface area contributed by atoms with Gasteiger partial charge in [-0.05, 0) is 142 Å². The highest BCUT2D eigenvalue weighted by Crippen LogP contribution is 2.45. The van der Waals surface area contributed by atoms with Gasteiger partial charge in [0, 0.05) is 71.7 Å². The molecule has 1 saturated carbocycles. The monoisotopic (exact) mass is 822 g/mol. The van der Waals surface area contributed by atoms with E-state index in [1.807, 2.05) is 31.2 Å². The fourth-order valence-corrected chi connectivity index (χ4v) is 11.7. The van der Waals surface area contributed by atoms with Crippen LogP contribution in [-0.4, -0.2) is 87.1 Å². The van der Waals surface area contributed by atoms with Crippen LogP contribution in [0.3, 0.4) is 0 Å². The summed E-state index contributed by atoms with van der Waals surface area (Å²) in [4.78, 5) is 37.9. The summed E-state index contributed by atoms with van der Waals surface area (Å²) in [5.74, 6) is -0.928. The number of fused-ring (bicyclic) bond motifs is 5. The number of halogens is 4. The number of para-hydroxylation sites is 1. The van der Waals surface area contributed by atoms with Crippen molar-refractivity contribution < 1.29 is 27.2 Å². The molecule has 1 aromatic heterocycles.